The van der Waals surface area contributed by atoms with Gasteiger partial charge in [0.1, 0.15) is 12.3 Å². The number of nitrogens with zero attached hydrogens (tertiary/aromatic N) is 2. The van der Waals surface area contributed by atoms with Gasteiger partial charge in [-0.1, -0.05) is 36.4 Å². The highest BCUT2D eigenvalue weighted by Crippen LogP contribution is 2.43. The predicted molar refractivity (Wildman–Crippen MR) is 118 cm³/mol. The number of urea groups is 1. The number of fused-ring (bicyclic) bond motifs is 1. The Hall–Kier alpha value is -3.06. The van der Waals surface area contributed by atoms with Crippen molar-refractivity contribution in [2.24, 2.45) is 0 Å². The third-order valence-corrected chi connectivity index (χ3v) is 6.17. The number of piperazine rings is 1. The van der Waals surface area contributed by atoms with Crippen LogP contribution < -0.4 is 10.1 Å². The smallest absolute Gasteiger partial charge is 0.318 e. The molecule has 2 fully saturated rings. The lowest BCUT2D eigenvalue weighted by atomic mass is 9.73. The Morgan fingerprint density at radius 2 is 1.74 bits per heavy atom. The van der Waals surface area contributed by atoms with Crippen LogP contribution in [-0.2, 0) is 4.79 Å². The highest BCUT2D eigenvalue weighted by atomic mass is 16.5. The monoisotopic (exact) mass is 423 g/mol. The van der Waals surface area contributed by atoms with Gasteiger partial charge in [-0.25, -0.2) is 4.79 Å². The number of methoxy groups -OCH3 is 1. The van der Waals surface area contributed by atoms with Crippen molar-refractivity contribution in [2.45, 2.75) is 37.9 Å². The van der Waals surface area contributed by atoms with Gasteiger partial charge in [0, 0.05) is 18.5 Å². The van der Waals surface area contributed by atoms with Gasteiger partial charge in [0.05, 0.1) is 25.8 Å². The number of carbonyl (C=O) groups excluding carboxylic acids is 2. The second-order valence-corrected chi connectivity index (χ2v) is 8.48. The molecule has 7 heteroatoms. The van der Waals surface area contributed by atoms with E-state index in [1.54, 1.807) is 16.9 Å². The summed E-state index contributed by atoms with van der Waals surface area (Å²) in [6.07, 6.45) is 0. The highest BCUT2D eigenvalue weighted by molar-refractivity contribution is 5.87. The zero-order valence-corrected chi connectivity index (χ0v) is 18.1. The first kappa shape index (κ1) is 21.2. The van der Waals surface area contributed by atoms with E-state index in [1.807, 2.05) is 38.1 Å². The van der Waals surface area contributed by atoms with Crippen LogP contribution in [0.2, 0.25) is 0 Å². The van der Waals surface area contributed by atoms with E-state index in [0.29, 0.717) is 6.54 Å². The van der Waals surface area contributed by atoms with E-state index in [-0.39, 0.29) is 49.1 Å². The average Bonchev–Trinajstić information content (AvgIpc) is 2.75. The molecule has 0 saturated carbocycles. The number of carbonyl (C=O) groups is 2. The van der Waals surface area contributed by atoms with Crippen LogP contribution in [0.15, 0.2) is 48.5 Å². The second kappa shape index (κ2) is 8.59. The molecule has 0 bridgehead atoms. The molecule has 2 aliphatic heterocycles. The van der Waals surface area contributed by atoms with E-state index >= 15 is 0 Å². The summed E-state index contributed by atoms with van der Waals surface area (Å²) in [6.45, 7) is 4.22. The molecule has 2 saturated heterocycles. The first-order chi connectivity index (χ1) is 14.9. The van der Waals surface area contributed by atoms with E-state index in [2.05, 4.69) is 29.6 Å². The quantitative estimate of drug-likeness (QED) is 0.774. The Labute approximate surface area is 182 Å². The van der Waals surface area contributed by atoms with E-state index in [9.17, 15) is 14.7 Å². The molecule has 4 rings (SSSR count). The van der Waals surface area contributed by atoms with E-state index in [4.69, 9.17) is 4.74 Å². The zero-order valence-electron chi connectivity index (χ0n) is 18.1. The van der Waals surface area contributed by atoms with Crippen molar-refractivity contribution in [2.75, 3.05) is 26.8 Å². The lowest BCUT2D eigenvalue weighted by Crippen LogP contribution is -2.74. The maximum atomic E-state index is 12.7. The number of benzene rings is 2. The molecular formula is C24H29N3O4. The fourth-order valence-corrected chi connectivity index (χ4v) is 4.67. The lowest BCUT2D eigenvalue weighted by molar-refractivity contribution is -0.159. The maximum Gasteiger partial charge on any atom is 0.318 e. The first-order valence-corrected chi connectivity index (χ1v) is 10.6. The third kappa shape index (κ3) is 3.97. The number of hydrogen-bond acceptors (Lipinski definition) is 4. The molecule has 2 heterocycles. The van der Waals surface area contributed by atoms with Crippen molar-refractivity contribution in [1.29, 1.82) is 0 Å². The third-order valence-electron chi connectivity index (χ3n) is 6.17. The van der Waals surface area contributed by atoms with Gasteiger partial charge in [-0.15, -0.1) is 0 Å². The number of aliphatic hydroxyl groups excluding tert-OH is 1. The molecule has 7 nitrogen and oxygen atoms in total. The summed E-state index contributed by atoms with van der Waals surface area (Å²) in [6, 6.07) is 15.5. The van der Waals surface area contributed by atoms with Crippen LogP contribution in [0.3, 0.4) is 0 Å². The van der Waals surface area contributed by atoms with Gasteiger partial charge < -0.3 is 25.0 Å². The largest absolute Gasteiger partial charge is 0.497 e. The minimum Gasteiger partial charge on any atom is -0.497 e. The van der Waals surface area contributed by atoms with Crippen LogP contribution in [0.25, 0.3) is 11.1 Å². The molecular weight excluding hydrogens is 394 g/mol. The number of nitrogens with one attached hydrogen (secondary N) is 1. The predicted octanol–water partition coefficient (Wildman–Crippen LogP) is 2.45. The van der Waals surface area contributed by atoms with Crippen LogP contribution in [-0.4, -0.2) is 71.8 Å². The summed E-state index contributed by atoms with van der Waals surface area (Å²) in [5, 5.41) is 12.8. The minimum atomic E-state index is -0.250. The summed E-state index contributed by atoms with van der Waals surface area (Å²) in [7, 11) is 1.65. The molecule has 0 aromatic heterocycles. The van der Waals surface area contributed by atoms with Gasteiger partial charge in [-0.05, 0) is 42.7 Å². The van der Waals surface area contributed by atoms with Gasteiger partial charge in [0.25, 0.3) is 0 Å². The molecule has 0 radical (unpaired) electrons. The molecule has 2 aliphatic rings. The molecule has 0 unspecified atom stereocenters. The summed E-state index contributed by atoms with van der Waals surface area (Å²) in [5.74, 6) is 0.697. The minimum absolute atomic E-state index is 0.00600. The van der Waals surface area contributed by atoms with Crippen molar-refractivity contribution in [3.05, 3.63) is 54.1 Å². The van der Waals surface area contributed by atoms with Crippen molar-refractivity contribution in [1.82, 2.24) is 15.1 Å². The maximum absolute atomic E-state index is 12.7. The van der Waals surface area contributed by atoms with Crippen LogP contribution in [0.4, 0.5) is 4.79 Å². The Morgan fingerprint density at radius 3 is 2.29 bits per heavy atom. The van der Waals surface area contributed by atoms with Crippen molar-refractivity contribution in [3.63, 3.8) is 0 Å². The average molecular weight is 424 g/mol. The molecule has 2 aromatic rings. The SMILES string of the molecule is COc1ccc(-c2ccc([C@H]3[C@@H](CO)N4C(=O)CN(C(=O)NC(C)C)C[C@H]34)cc2)cc1. The molecule has 164 valence electrons. The van der Waals surface area contributed by atoms with E-state index in [0.717, 1.165) is 22.4 Å². The van der Waals surface area contributed by atoms with Crippen molar-refractivity contribution >= 4 is 11.9 Å². The zero-order chi connectivity index (χ0) is 22.1. The fraction of sp³-hybridized carbons (Fsp3) is 0.417. The Bertz CT molecular complexity index is 942. The van der Waals surface area contributed by atoms with Gasteiger partial charge in [-0.2, -0.15) is 0 Å². The number of hydrogen-bond donors (Lipinski definition) is 2. The second-order valence-electron chi connectivity index (χ2n) is 8.48. The summed E-state index contributed by atoms with van der Waals surface area (Å²) < 4.78 is 5.22. The Kier molecular flexibility index (Phi) is 5.87. The summed E-state index contributed by atoms with van der Waals surface area (Å²) >= 11 is 0. The lowest BCUT2D eigenvalue weighted by Gasteiger charge is -2.58. The Morgan fingerprint density at radius 1 is 1.13 bits per heavy atom. The molecule has 2 N–H and O–H groups in total. The molecule has 31 heavy (non-hydrogen) atoms. The number of aliphatic hydroxyl groups is 1. The van der Waals surface area contributed by atoms with E-state index < -0.39 is 0 Å². The van der Waals surface area contributed by atoms with Crippen LogP contribution in [0, 0.1) is 0 Å². The molecule has 0 aliphatic carbocycles. The molecule has 3 amide bonds. The summed E-state index contributed by atoms with van der Waals surface area (Å²) in [5.41, 5.74) is 3.24. The van der Waals surface area contributed by atoms with Crippen molar-refractivity contribution in [3.8, 4) is 16.9 Å². The van der Waals surface area contributed by atoms with Gasteiger partial charge in [0.2, 0.25) is 5.91 Å². The topological polar surface area (TPSA) is 82.1 Å². The van der Waals surface area contributed by atoms with Crippen molar-refractivity contribution < 1.29 is 19.4 Å². The van der Waals surface area contributed by atoms with Gasteiger partial charge in [0.15, 0.2) is 0 Å². The molecule has 3 atom stereocenters. The number of amides is 3. The molecule has 0 spiro atoms. The molecule has 2 aromatic carbocycles. The van der Waals surface area contributed by atoms with Crippen LogP contribution >= 0.6 is 0 Å². The van der Waals surface area contributed by atoms with E-state index in [1.165, 1.54) is 0 Å². The standard InChI is InChI=1S/C24H29N3O4/c1-15(2)25-24(30)26-12-20-23(21(14-28)27(20)22(29)13-26)18-6-4-16(5-7-18)17-8-10-19(31-3)11-9-17/h4-11,15,20-21,23,28H,12-14H2,1-3H3,(H,25,30)/t20-,21-,23-/m1/s1. The number of rotatable bonds is 5. The number of ether oxygens (including phenoxy) is 1. The van der Waals surface area contributed by atoms with Crippen LogP contribution in [0.1, 0.15) is 25.3 Å². The fourth-order valence-electron chi connectivity index (χ4n) is 4.67. The summed E-state index contributed by atoms with van der Waals surface area (Å²) in [4.78, 5) is 28.5. The Balaban J connectivity index is 1.53. The normalized spacial score (nSPS) is 22.7. The first-order valence-electron chi connectivity index (χ1n) is 10.6. The van der Waals surface area contributed by atoms with Crippen LogP contribution in [0.5, 0.6) is 5.75 Å². The van der Waals surface area contributed by atoms with Gasteiger partial charge in [-0.3, -0.25) is 4.79 Å². The van der Waals surface area contributed by atoms with Gasteiger partial charge >= 0.3 is 6.03 Å². The highest BCUT2D eigenvalue weighted by Gasteiger charge is 2.54.